The van der Waals surface area contributed by atoms with Crippen LogP contribution in [-0.4, -0.2) is 71.5 Å². The molecular weight excluding hydrogens is 495 g/mol. The molecule has 0 radical (unpaired) electrons. The second-order valence-electron chi connectivity index (χ2n) is 10.5. The zero-order chi connectivity index (χ0) is 27.2. The molecule has 2 heterocycles. The van der Waals surface area contributed by atoms with Crippen molar-refractivity contribution in [2.24, 2.45) is 28.9 Å². The summed E-state index contributed by atoms with van der Waals surface area (Å²) in [6.07, 6.45) is -1.31. The number of hydrogen-bond donors (Lipinski definition) is 5. The van der Waals surface area contributed by atoms with Crippen LogP contribution in [-0.2, 0) is 19.2 Å². The number of aliphatic hydroxyl groups is 1. The van der Waals surface area contributed by atoms with Crippen molar-refractivity contribution in [1.82, 2.24) is 15.5 Å². The number of likely N-dealkylation sites (tertiary alicyclic amines) is 1. The molecule has 37 heavy (non-hydrogen) atoms. The summed E-state index contributed by atoms with van der Waals surface area (Å²) < 4.78 is 41.1. The van der Waals surface area contributed by atoms with Crippen molar-refractivity contribution in [2.75, 3.05) is 25.0 Å². The van der Waals surface area contributed by atoms with Crippen molar-refractivity contribution in [3.8, 4) is 0 Å². The Hall–Kier alpha value is -3.35. The third-order valence-corrected chi connectivity index (χ3v) is 7.92. The van der Waals surface area contributed by atoms with Crippen LogP contribution in [0.3, 0.4) is 0 Å². The minimum atomic E-state index is -1.75. The van der Waals surface area contributed by atoms with Gasteiger partial charge in [-0.3, -0.25) is 19.2 Å². The summed E-state index contributed by atoms with van der Waals surface area (Å²) in [6, 6.07) is -1.17. The van der Waals surface area contributed by atoms with Crippen LogP contribution in [0.4, 0.5) is 18.9 Å². The Labute approximate surface area is 211 Å². The number of nitrogens with one attached hydrogen (secondary N) is 3. The Morgan fingerprint density at radius 3 is 2.46 bits per heavy atom. The Kier molecular flexibility index (Phi) is 7.10. The van der Waals surface area contributed by atoms with Crippen LogP contribution in [0.5, 0.6) is 0 Å². The van der Waals surface area contributed by atoms with E-state index in [4.69, 9.17) is 5.73 Å². The maximum absolute atomic E-state index is 14.0. The van der Waals surface area contributed by atoms with Crippen LogP contribution in [0.25, 0.3) is 0 Å². The molecule has 3 fully saturated rings. The zero-order valence-electron chi connectivity index (χ0n) is 20.4. The monoisotopic (exact) mass is 525 g/mol. The van der Waals surface area contributed by atoms with Gasteiger partial charge >= 0.3 is 0 Å². The highest BCUT2D eigenvalue weighted by Crippen LogP contribution is 2.64. The number of halogens is 3. The van der Waals surface area contributed by atoms with E-state index in [2.05, 4.69) is 16.0 Å². The van der Waals surface area contributed by atoms with Gasteiger partial charge in [-0.2, -0.15) is 0 Å². The van der Waals surface area contributed by atoms with Crippen molar-refractivity contribution in [2.45, 2.75) is 44.9 Å². The van der Waals surface area contributed by atoms with Gasteiger partial charge in [0.15, 0.2) is 17.7 Å². The zero-order valence-corrected chi connectivity index (χ0v) is 20.4. The lowest BCUT2D eigenvalue weighted by Gasteiger charge is -2.32. The van der Waals surface area contributed by atoms with Crippen molar-refractivity contribution < 1.29 is 37.5 Å². The van der Waals surface area contributed by atoms with E-state index in [9.17, 15) is 37.5 Å². The Morgan fingerprint density at radius 1 is 1.24 bits per heavy atom. The Bertz CT molecular complexity index is 1110. The number of nitrogens with zero attached hydrogens (tertiary/aromatic N) is 1. The second kappa shape index (κ2) is 9.84. The van der Waals surface area contributed by atoms with Gasteiger partial charge in [0.25, 0.3) is 0 Å². The number of benzene rings is 1. The van der Waals surface area contributed by atoms with Gasteiger partial charge in [0.05, 0.1) is 12.6 Å². The number of piperidine rings is 1. The van der Waals surface area contributed by atoms with Gasteiger partial charge in [0, 0.05) is 31.1 Å². The summed E-state index contributed by atoms with van der Waals surface area (Å²) >= 11 is 0. The summed E-state index contributed by atoms with van der Waals surface area (Å²) in [7, 11) is 0. The van der Waals surface area contributed by atoms with Crippen molar-refractivity contribution in [3.63, 3.8) is 0 Å². The first kappa shape index (κ1) is 26.7. The van der Waals surface area contributed by atoms with Crippen molar-refractivity contribution in [3.05, 3.63) is 29.6 Å². The predicted molar refractivity (Wildman–Crippen MR) is 124 cm³/mol. The van der Waals surface area contributed by atoms with E-state index < -0.39 is 71.5 Å². The van der Waals surface area contributed by atoms with E-state index in [1.807, 2.05) is 13.8 Å². The molecule has 0 aromatic heterocycles. The molecule has 1 aromatic carbocycles. The van der Waals surface area contributed by atoms with Crippen LogP contribution >= 0.6 is 0 Å². The first-order valence-electron chi connectivity index (χ1n) is 12.1. The van der Waals surface area contributed by atoms with E-state index >= 15 is 0 Å². The molecule has 2 aliphatic heterocycles. The van der Waals surface area contributed by atoms with Gasteiger partial charge in [0.2, 0.25) is 23.6 Å². The maximum Gasteiger partial charge on any atom is 0.248 e. The predicted octanol–water partition coefficient (Wildman–Crippen LogP) is -0.144. The molecule has 3 aliphatic rings. The SMILES string of the molecule is CC1(C)[C@@H]2[C@@H](C(=O)N[C@@H](C[C@@H]3CCNC3=O)[C@@H](O)C(N)=O)N(C(=O)CNc3c(F)cc(F)cc3F)C[C@@H]21. The molecule has 1 aromatic rings. The molecule has 0 spiro atoms. The fourth-order valence-corrected chi connectivity index (χ4v) is 5.73. The molecule has 4 amide bonds. The minimum Gasteiger partial charge on any atom is -0.381 e. The highest BCUT2D eigenvalue weighted by Gasteiger charge is 2.69. The van der Waals surface area contributed by atoms with Crippen LogP contribution in [0.2, 0.25) is 0 Å². The normalized spacial score (nSPS) is 27.2. The standard InChI is InChI=1S/C24H30F3N5O5/c1-24(2)12-9-32(16(33)8-30-18-13(26)6-11(25)7-14(18)27)19(17(12)24)23(37)31-15(20(34)21(28)35)5-10-3-4-29-22(10)36/h6-7,10,12,15,17,19-20,30,34H,3-5,8-9H2,1-2H3,(H2,28,35)(H,29,36)(H,31,37)/t10-,12-,15-,17-,19-,20+/m0/s1. The number of nitrogens with two attached hydrogens (primary N) is 1. The van der Waals surface area contributed by atoms with Gasteiger partial charge in [-0.15, -0.1) is 0 Å². The quantitative estimate of drug-likeness (QED) is 0.302. The smallest absolute Gasteiger partial charge is 0.248 e. The number of fused-ring (bicyclic) bond motifs is 1. The first-order chi connectivity index (χ1) is 17.3. The molecular formula is C24H30F3N5O5. The van der Waals surface area contributed by atoms with Gasteiger partial charge in [-0.25, -0.2) is 13.2 Å². The summed E-state index contributed by atoms with van der Waals surface area (Å²) in [5.74, 6) is -6.85. The average molecular weight is 526 g/mol. The number of anilines is 1. The Balaban J connectivity index is 1.49. The molecule has 0 unspecified atom stereocenters. The molecule has 4 rings (SSSR count). The minimum absolute atomic E-state index is 0.00776. The lowest BCUT2D eigenvalue weighted by Crippen LogP contribution is -2.57. The molecule has 1 aliphatic carbocycles. The van der Waals surface area contributed by atoms with E-state index in [0.29, 0.717) is 25.1 Å². The number of carbonyl (C=O) groups is 4. The largest absolute Gasteiger partial charge is 0.381 e. The lowest BCUT2D eigenvalue weighted by molar-refractivity contribution is -0.140. The highest BCUT2D eigenvalue weighted by atomic mass is 19.1. The van der Waals surface area contributed by atoms with Gasteiger partial charge in [0.1, 0.15) is 17.5 Å². The van der Waals surface area contributed by atoms with Gasteiger partial charge in [-0.1, -0.05) is 13.8 Å². The summed E-state index contributed by atoms with van der Waals surface area (Å²) in [6.45, 7) is 3.99. The van der Waals surface area contributed by atoms with E-state index in [1.54, 1.807) is 0 Å². The van der Waals surface area contributed by atoms with Crippen LogP contribution in [0.15, 0.2) is 12.1 Å². The summed E-state index contributed by atoms with van der Waals surface area (Å²) in [5.41, 5.74) is 4.33. The maximum atomic E-state index is 14.0. The highest BCUT2D eigenvalue weighted by molar-refractivity contribution is 5.92. The van der Waals surface area contributed by atoms with Crippen LogP contribution in [0.1, 0.15) is 26.7 Å². The van der Waals surface area contributed by atoms with Crippen LogP contribution in [0, 0.1) is 40.6 Å². The molecule has 13 heteroatoms. The molecule has 202 valence electrons. The van der Waals surface area contributed by atoms with E-state index in [0.717, 1.165) is 0 Å². The molecule has 1 saturated carbocycles. The van der Waals surface area contributed by atoms with E-state index in [1.165, 1.54) is 4.90 Å². The Morgan fingerprint density at radius 2 is 1.89 bits per heavy atom. The van der Waals surface area contributed by atoms with E-state index in [-0.39, 0.29) is 36.1 Å². The average Bonchev–Trinajstić information content (AvgIpc) is 3.17. The molecule has 2 saturated heterocycles. The number of primary amides is 1. The third kappa shape index (κ3) is 5.09. The van der Waals surface area contributed by atoms with Gasteiger partial charge < -0.3 is 31.7 Å². The number of aliphatic hydroxyl groups excluding tert-OH is 1. The third-order valence-electron chi connectivity index (χ3n) is 7.92. The molecule has 6 N–H and O–H groups in total. The molecule has 0 bridgehead atoms. The lowest BCUT2D eigenvalue weighted by atomic mass is 9.93. The first-order valence-corrected chi connectivity index (χ1v) is 12.1. The number of rotatable bonds is 9. The van der Waals surface area contributed by atoms with Crippen LogP contribution < -0.4 is 21.7 Å². The van der Waals surface area contributed by atoms with Gasteiger partial charge in [-0.05, 0) is 30.1 Å². The fourth-order valence-electron chi connectivity index (χ4n) is 5.73. The number of hydrogen-bond acceptors (Lipinski definition) is 6. The summed E-state index contributed by atoms with van der Waals surface area (Å²) in [4.78, 5) is 51.5. The number of carbonyl (C=O) groups excluding carboxylic acids is 4. The van der Waals surface area contributed by atoms with Crippen molar-refractivity contribution >= 4 is 29.3 Å². The summed E-state index contributed by atoms with van der Waals surface area (Å²) in [5, 5.41) is 18.0. The second-order valence-corrected chi connectivity index (χ2v) is 10.5. The molecule has 10 nitrogen and oxygen atoms in total. The topological polar surface area (TPSA) is 154 Å². The molecule has 6 atom stereocenters. The fraction of sp³-hybridized carbons (Fsp3) is 0.583. The van der Waals surface area contributed by atoms with Crippen molar-refractivity contribution in [1.29, 1.82) is 0 Å². The number of amides is 4.